The van der Waals surface area contributed by atoms with Gasteiger partial charge in [-0.15, -0.1) is 0 Å². The molecule has 10 nitrogen and oxygen atoms in total. The Kier molecular flexibility index (Phi) is 11.6. The summed E-state index contributed by atoms with van der Waals surface area (Å²) in [6.07, 6.45) is 6.68. The first kappa shape index (κ1) is 38.0. The van der Waals surface area contributed by atoms with Gasteiger partial charge in [-0.3, -0.25) is 8.42 Å². The van der Waals surface area contributed by atoms with E-state index in [9.17, 15) is 17.2 Å². The second-order valence-electron chi connectivity index (χ2n) is 14.2. The van der Waals surface area contributed by atoms with Crippen LogP contribution in [-0.4, -0.2) is 69.7 Å². The van der Waals surface area contributed by atoms with Crippen molar-refractivity contribution in [3.8, 4) is 45.3 Å². The number of aryl methyl sites for hydroxylation is 1. The molecule has 56 heavy (non-hydrogen) atoms. The number of fused-ring (bicyclic) bond motifs is 2. The number of rotatable bonds is 10. The number of halogens is 2. The van der Waals surface area contributed by atoms with Crippen molar-refractivity contribution in [2.45, 2.75) is 36.0 Å². The number of ether oxygens (including phenoxy) is 4. The summed E-state index contributed by atoms with van der Waals surface area (Å²) in [4.78, 5) is 12.4. The summed E-state index contributed by atoms with van der Waals surface area (Å²) < 4.78 is 74.8. The van der Waals surface area contributed by atoms with Gasteiger partial charge in [-0.2, -0.15) is 0 Å². The monoisotopic (exact) mass is 800 g/mol. The molecule has 0 saturated carbocycles. The van der Waals surface area contributed by atoms with Crippen molar-refractivity contribution in [1.82, 2.24) is 15.3 Å². The number of benzene rings is 4. The molecule has 0 aliphatic carbocycles. The lowest BCUT2D eigenvalue weighted by atomic mass is 10.0. The average Bonchev–Trinajstić information content (AvgIpc) is 4.06. The fourth-order valence-corrected chi connectivity index (χ4v) is 8.90. The predicted molar refractivity (Wildman–Crippen MR) is 211 cm³/mol. The highest BCUT2D eigenvalue weighted by molar-refractivity contribution is 7.85. The third kappa shape index (κ3) is 8.57. The molecule has 2 saturated heterocycles. The Bertz CT molecular complexity index is 2260. The molecule has 292 valence electrons. The Morgan fingerprint density at radius 2 is 1.29 bits per heavy atom. The number of aromatic nitrogens is 2. The first-order valence-corrected chi connectivity index (χ1v) is 21.4. The predicted octanol–water partition coefficient (Wildman–Crippen LogP) is 7.15. The van der Waals surface area contributed by atoms with E-state index in [1.807, 2.05) is 36.7 Å². The van der Waals surface area contributed by atoms with E-state index in [0.717, 1.165) is 79.2 Å². The molecule has 4 aliphatic rings. The van der Waals surface area contributed by atoms with Crippen molar-refractivity contribution < 1.29 is 36.1 Å². The van der Waals surface area contributed by atoms with Crippen LogP contribution in [0.25, 0.3) is 22.3 Å². The molecule has 0 bridgehead atoms. The molecule has 0 radical (unpaired) electrons. The first-order valence-electron chi connectivity index (χ1n) is 18.7. The van der Waals surface area contributed by atoms with Gasteiger partial charge in [-0.05, 0) is 102 Å². The molecule has 4 aliphatic heterocycles. The molecule has 4 aromatic carbocycles. The summed E-state index contributed by atoms with van der Waals surface area (Å²) in [6, 6.07) is 20.8. The topological polar surface area (TPSA) is 112 Å². The van der Waals surface area contributed by atoms with Gasteiger partial charge in [0.25, 0.3) is 0 Å². The number of hydrogen-bond acceptors (Lipinski definition) is 10. The summed E-state index contributed by atoms with van der Waals surface area (Å²) in [7, 11) is -2.21. The maximum Gasteiger partial charge on any atom is 0.225 e. The highest BCUT2D eigenvalue weighted by Crippen LogP contribution is 2.36. The van der Waals surface area contributed by atoms with Crippen LogP contribution in [0.3, 0.4) is 0 Å². The van der Waals surface area contributed by atoms with Gasteiger partial charge in [0.2, 0.25) is 5.95 Å². The zero-order valence-electron chi connectivity index (χ0n) is 30.9. The van der Waals surface area contributed by atoms with Gasteiger partial charge in [0.1, 0.15) is 11.5 Å². The lowest BCUT2D eigenvalue weighted by Gasteiger charge is -2.17. The fourth-order valence-electron chi connectivity index (χ4n) is 7.05. The van der Waals surface area contributed by atoms with Crippen LogP contribution in [0.5, 0.6) is 23.0 Å². The van der Waals surface area contributed by atoms with Crippen molar-refractivity contribution in [2.24, 2.45) is 11.8 Å². The van der Waals surface area contributed by atoms with E-state index < -0.39 is 27.4 Å². The molecule has 1 N–H and O–H groups in total. The van der Waals surface area contributed by atoms with Crippen LogP contribution < -0.4 is 29.2 Å². The number of anilines is 1. The summed E-state index contributed by atoms with van der Waals surface area (Å²) >= 11 is 0. The first-order chi connectivity index (χ1) is 27.3. The molecule has 4 atom stereocenters. The van der Waals surface area contributed by atoms with Crippen molar-refractivity contribution in [1.29, 1.82) is 0 Å². The van der Waals surface area contributed by atoms with E-state index in [-0.39, 0.29) is 29.2 Å². The van der Waals surface area contributed by atoms with E-state index in [1.54, 1.807) is 36.4 Å². The van der Waals surface area contributed by atoms with Crippen LogP contribution in [0.4, 0.5) is 14.7 Å². The Morgan fingerprint density at radius 3 is 1.80 bits per heavy atom. The maximum atomic E-state index is 14.7. The standard InChI is InChI=1S/C24H24FN3O3S.C18H18FNO3S/c1-2-16-11-26-24(27-12-16)28-8-7-17(13-28)14-30-21-5-3-18(9-20(21)25)19-4-6-23-22(10-19)31-15-32(23)29;19-15-7-13(1-3-16(15)22-10-12-5-6-20-9-12)14-2-4-18-17(8-14)23-11-24(18)21/h3-6,9-12,17H,2,7-8,13-15H2,1H3;1-4,7-8,12,20H,5-6,9-11H2. The van der Waals surface area contributed by atoms with Gasteiger partial charge in [0, 0.05) is 43.9 Å². The Labute approximate surface area is 329 Å². The molecular weight excluding hydrogens is 759 g/mol. The summed E-state index contributed by atoms with van der Waals surface area (Å²) in [5.74, 6) is 2.80. The van der Waals surface area contributed by atoms with Crippen molar-refractivity contribution >= 4 is 27.5 Å². The van der Waals surface area contributed by atoms with Gasteiger partial charge in [-0.25, -0.2) is 18.7 Å². The van der Waals surface area contributed by atoms with Crippen LogP contribution >= 0.6 is 0 Å². The smallest absolute Gasteiger partial charge is 0.225 e. The fraction of sp³-hybridized carbons (Fsp3) is 0.333. The molecule has 5 heterocycles. The molecule has 14 heteroatoms. The zero-order chi connectivity index (χ0) is 38.6. The molecule has 9 rings (SSSR count). The Hall–Kier alpha value is -4.92. The SMILES string of the molecule is CCc1cnc(N2CCC(COc3ccc(-c4ccc5c(c4)OCS5=O)cc3F)C2)nc1.O=S1COc2cc(-c3ccc(OCC4CCNC4)c(F)c3)ccc21. The van der Waals surface area contributed by atoms with Crippen LogP contribution in [-0.2, 0) is 28.0 Å². The van der Waals surface area contributed by atoms with Crippen molar-refractivity contribution in [3.63, 3.8) is 0 Å². The third-order valence-corrected chi connectivity index (χ3v) is 12.7. The molecule has 0 spiro atoms. The maximum absolute atomic E-state index is 14.7. The van der Waals surface area contributed by atoms with Crippen molar-refractivity contribution in [3.05, 3.63) is 102 Å². The van der Waals surface area contributed by atoms with Crippen LogP contribution in [0.2, 0.25) is 0 Å². The number of nitrogens with zero attached hydrogens (tertiary/aromatic N) is 3. The van der Waals surface area contributed by atoms with Gasteiger partial charge in [0.05, 0.1) is 44.6 Å². The normalized spacial score (nSPS) is 20.7. The summed E-state index contributed by atoms with van der Waals surface area (Å²) in [6.45, 7) is 6.64. The van der Waals surface area contributed by atoms with E-state index in [4.69, 9.17) is 18.9 Å². The molecule has 4 unspecified atom stereocenters. The quantitative estimate of drug-likeness (QED) is 0.156. The van der Waals surface area contributed by atoms with Gasteiger partial charge in [-0.1, -0.05) is 31.2 Å². The largest absolute Gasteiger partial charge is 0.490 e. The molecule has 5 aromatic rings. The van der Waals surface area contributed by atoms with E-state index in [0.29, 0.717) is 46.3 Å². The van der Waals surface area contributed by atoms with Crippen molar-refractivity contribution in [2.75, 3.05) is 56.2 Å². The average molecular weight is 801 g/mol. The summed E-state index contributed by atoms with van der Waals surface area (Å²) in [5, 5.41) is 3.27. The van der Waals surface area contributed by atoms with Crippen LogP contribution in [0, 0.1) is 23.5 Å². The van der Waals surface area contributed by atoms with Crippen LogP contribution in [0.1, 0.15) is 25.3 Å². The highest BCUT2D eigenvalue weighted by Gasteiger charge is 2.26. The van der Waals surface area contributed by atoms with Gasteiger partial charge in [0.15, 0.2) is 35.0 Å². The van der Waals surface area contributed by atoms with Gasteiger partial charge < -0.3 is 29.2 Å². The minimum absolute atomic E-state index is 0.175. The third-order valence-electron chi connectivity index (χ3n) is 10.3. The Balaban J connectivity index is 0.000000164. The van der Waals surface area contributed by atoms with E-state index in [1.165, 1.54) is 12.1 Å². The lowest BCUT2D eigenvalue weighted by Crippen LogP contribution is -2.23. The highest BCUT2D eigenvalue weighted by atomic mass is 32.2. The summed E-state index contributed by atoms with van der Waals surface area (Å²) in [5.41, 5.74) is 4.23. The van der Waals surface area contributed by atoms with Gasteiger partial charge >= 0.3 is 0 Å². The van der Waals surface area contributed by atoms with E-state index >= 15 is 0 Å². The molecule has 1 aromatic heterocycles. The molecular formula is C42H42F2N4O6S2. The van der Waals surface area contributed by atoms with E-state index in [2.05, 4.69) is 27.1 Å². The number of hydrogen-bond donors (Lipinski definition) is 1. The minimum atomic E-state index is -1.12. The molecule has 2 fully saturated rings. The Morgan fingerprint density at radius 1 is 0.750 bits per heavy atom. The second kappa shape index (κ2) is 17.1. The molecule has 0 amide bonds. The van der Waals surface area contributed by atoms with Crippen LogP contribution in [0.15, 0.2) is 95.0 Å². The number of nitrogens with one attached hydrogen (secondary N) is 1. The lowest BCUT2D eigenvalue weighted by molar-refractivity contribution is 0.249. The second-order valence-corrected chi connectivity index (χ2v) is 16.9. The zero-order valence-corrected chi connectivity index (χ0v) is 32.5. The minimum Gasteiger partial charge on any atom is -0.490 e.